The molecule has 42 heavy (non-hydrogen) atoms. The summed E-state index contributed by atoms with van der Waals surface area (Å²) in [4.78, 5) is 25.5. The Morgan fingerprint density at radius 3 is 2.43 bits per heavy atom. The maximum atomic E-state index is 11.1. The number of nitrogens with one attached hydrogen (secondary N) is 1. The van der Waals surface area contributed by atoms with Gasteiger partial charge in [-0.3, -0.25) is 9.69 Å². The molecule has 1 aromatic heterocycles. The van der Waals surface area contributed by atoms with Gasteiger partial charge in [0.15, 0.2) is 0 Å². The molecule has 0 saturated heterocycles. The molecular formula is C31H33F3N2O5S. The molecule has 0 aliphatic carbocycles. The summed E-state index contributed by atoms with van der Waals surface area (Å²) in [5, 5.41) is 19.5. The molecule has 1 aliphatic heterocycles. The van der Waals surface area contributed by atoms with E-state index in [4.69, 9.17) is 19.7 Å². The molecule has 0 bridgehead atoms. The van der Waals surface area contributed by atoms with E-state index in [0.717, 1.165) is 49.5 Å². The number of carboxylic acid groups (broad SMARTS) is 2. The van der Waals surface area contributed by atoms with E-state index in [-0.39, 0.29) is 12.3 Å². The third-order valence-electron chi connectivity index (χ3n) is 6.37. The van der Waals surface area contributed by atoms with Crippen LogP contribution in [0.4, 0.5) is 13.2 Å². The molecule has 224 valence electrons. The second-order valence-corrected chi connectivity index (χ2v) is 10.9. The van der Waals surface area contributed by atoms with Crippen LogP contribution in [0.3, 0.4) is 0 Å². The summed E-state index contributed by atoms with van der Waals surface area (Å²) in [5.41, 5.74) is 4.80. The molecule has 4 rings (SSSR count). The molecule has 11 heteroatoms. The van der Waals surface area contributed by atoms with Crippen LogP contribution in [0.25, 0.3) is 0 Å². The lowest BCUT2D eigenvalue weighted by atomic mass is 9.96. The Morgan fingerprint density at radius 2 is 1.81 bits per heavy atom. The van der Waals surface area contributed by atoms with Gasteiger partial charge in [0.2, 0.25) is 0 Å². The van der Waals surface area contributed by atoms with E-state index < -0.39 is 18.1 Å². The third-order valence-corrected chi connectivity index (χ3v) is 7.61. The number of alkyl halides is 3. The van der Waals surface area contributed by atoms with Gasteiger partial charge < -0.3 is 20.3 Å². The highest BCUT2D eigenvalue weighted by molar-refractivity contribution is 7.12. The Hall–Kier alpha value is -3.85. The number of halogens is 3. The van der Waals surface area contributed by atoms with Gasteiger partial charge in [-0.15, -0.1) is 17.3 Å². The van der Waals surface area contributed by atoms with Crippen LogP contribution >= 0.6 is 11.3 Å². The summed E-state index contributed by atoms with van der Waals surface area (Å²) in [6, 6.07) is 18.5. The smallest absolute Gasteiger partial charge is 0.489 e. The molecule has 3 N–H and O–H groups in total. The first kappa shape index (κ1) is 32.7. The van der Waals surface area contributed by atoms with Crippen molar-refractivity contribution < 1.29 is 37.7 Å². The van der Waals surface area contributed by atoms with Gasteiger partial charge >= 0.3 is 18.1 Å². The quantitative estimate of drug-likeness (QED) is 0.252. The highest BCUT2D eigenvalue weighted by Gasteiger charge is 2.38. The van der Waals surface area contributed by atoms with E-state index in [1.807, 2.05) is 42.6 Å². The fraction of sp³-hybridized carbons (Fsp3) is 0.355. The molecule has 0 radical (unpaired) electrons. The highest BCUT2D eigenvalue weighted by Crippen LogP contribution is 2.29. The number of rotatable bonds is 10. The summed E-state index contributed by atoms with van der Waals surface area (Å²) in [7, 11) is 2.00. The van der Waals surface area contributed by atoms with Crippen molar-refractivity contribution >= 4 is 23.3 Å². The number of hydrogen-bond acceptors (Lipinski definition) is 6. The zero-order chi connectivity index (χ0) is 30.7. The third kappa shape index (κ3) is 10.2. The summed E-state index contributed by atoms with van der Waals surface area (Å²) < 4.78 is 37.8. The van der Waals surface area contributed by atoms with Gasteiger partial charge in [-0.1, -0.05) is 42.3 Å². The predicted molar refractivity (Wildman–Crippen MR) is 154 cm³/mol. The maximum absolute atomic E-state index is 11.1. The molecule has 2 heterocycles. The van der Waals surface area contributed by atoms with E-state index in [2.05, 4.69) is 52.4 Å². The lowest BCUT2D eigenvalue weighted by Gasteiger charge is -2.27. The lowest BCUT2D eigenvalue weighted by molar-refractivity contribution is -0.192. The minimum atomic E-state index is -5.08. The van der Waals surface area contributed by atoms with Gasteiger partial charge in [-0.05, 0) is 60.8 Å². The fourth-order valence-electron chi connectivity index (χ4n) is 4.49. The highest BCUT2D eigenvalue weighted by atomic mass is 32.1. The molecular weight excluding hydrogens is 569 g/mol. The first-order chi connectivity index (χ1) is 20.0. The Morgan fingerprint density at radius 1 is 1.12 bits per heavy atom. The van der Waals surface area contributed by atoms with Crippen LogP contribution in [-0.4, -0.2) is 46.8 Å². The minimum absolute atomic E-state index is 0.00428. The van der Waals surface area contributed by atoms with Crippen molar-refractivity contribution in [1.82, 2.24) is 10.2 Å². The van der Waals surface area contributed by atoms with Crippen LogP contribution in [0.2, 0.25) is 0 Å². The van der Waals surface area contributed by atoms with Crippen LogP contribution in [0.5, 0.6) is 5.75 Å². The average Bonchev–Trinajstić information content (AvgIpc) is 3.34. The summed E-state index contributed by atoms with van der Waals surface area (Å²) in [6.45, 7) is 6.19. The molecule has 0 fully saturated rings. The number of hydrogen-bond donors (Lipinski definition) is 3. The molecule has 3 aromatic rings. The normalized spacial score (nSPS) is 13.5. The first-order valence-electron chi connectivity index (χ1n) is 13.2. The van der Waals surface area contributed by atoms with E-state index in [0.29, 0.717) is 6.61 Å². The molecule has 2 aromatic carbocycles. The first-order valence-corrected chi connectivity index (χ1v) is 14.0. The van der Waals surface area contributed by atoms with Crippen LogP contribution in [0.1, 0.15) is 51.3 Å². The number of fused-ring (bicyclic) bond motifs is 1. The lowest BCUT2D eigenvalue weighted by Crippen LogP contribution is -2.29. The molecule has 0 saturated carbocycles. The monoisotopic (exact) mass is 602 g/mol. The molecule has 1 atom stereocenters. The Labute approximate surface area is 246 Å². The maximum Gasteiger partial charge on any atom is 0.490 e. The standard InChI is InChI=1S/C29H32N2O3S.C2HF3O2/c1-3-5-24(16-29(32)33)23-8-10-26(11-9-23)34-20-22-7-4-6-21(14-22)18-31-13-12-28-25(19-31)15-27(35-28)17-30-2;3-2(4,5)1(6)7/h4,6-11,14-15,24,30H,12-13,16-20H2,1-2H3,(H,32,33);(H,6,7)/t24-;/m0./s1. The van der Waals surface area contributed by atoms with Gasteiger partial charge in [0.1, 0.15) is 12.4 Å². The number of carbonyl (C=O) groups is 2. The van der Waals surface area contributed by atoms with Gasteiger partial charge in [0.25, 0.3) is 0 Å². The van der Waals surface area contributed by atoms with Crippen LogP contribution in [0, 0.1) is 11.8 Å². The second kappa shape index (κ2) is 15.4. The van der Waals surface area contributed by atoms with Gasteiger partial charge in [0, 0.05) is 35.9 Å². The summed E-state index contributed by atoms with van der Waals surface area (Å²) >= 11 is 1.94. The molecule has 7 nitrogen and oxygen atoms in total. The Bertz CT molecular complexity index is 1410. The van der Waals surface area contributed by atoms with Crippen molar-refractivity contribution in [2.24, 2.45) is 0 Å². The van der Waals surface area contributed by atoms with Crippen LogP contribution < -0.4 is 10.1 Å². The van der Waals surface area contributed by atoms with Crippen molar-refractivity contribution in [2.45, 2.75) is 58.1 Å². The molecule has 0 amide bonds. The largest absolute Gasteiger partial charge is 0.490 e. The minimum Gasteiger partial charge on any atom is -0.489 e. The van der Waals surface area contributed by atoms with E-state index >= 15 is 0 Å². The van der Waals surface area contributed by atoms with Crippen LogP contribution in [-0.2, 0) is 42.3 Å². The molecule has 1 aliphatic rings. The van der Waals surface area contributed by atoms with Crippen LogP contribution in [0.15, 0.2) is 54.6 Å². The van der Waals surface area contributed by atoms with Gasteiger partial charge in [-0.2, -0.15) is 13.2 Å². The van der Waals surface area contributed by atoms with Crippen molar-refractivity contribution in [1.29, 1.82) is 0 Å². The Balaban J connectivity index is 0.000000616. The zero-order valence-electron chi connectivity index (χ0n) is 23.3. The molecule has 0 spiro atoms. The number of nitrogens with zero attached hydrogens (tertiary/aromatic N) is 1. The van der Waals surface area contributed by atoms with E-state index in [1.54, 1.807) is 6.92 Å². The fourth-order valence-corrected chi connectivity index (χ4v) is 5.67. The number of benzene rings is 2. The summed E-state index contributed by atoms with van der Waals surface area (Å²) in [5.74, 6) is 2.66. The number of carboxylic acids is 2. The topological polar surface area (TPSA) is 99.1 Å². The SMILES string of the molecule is CC#C[C@@H](CC(=O)O)c1ccc(OCc2cccc(CN3CCc4sc(CNC)cc4C3)c2)cc1.O=C(O)C(F)(F)F. The van der Waals surface area contributed by atoms with Crippen molar-refractivity contribution in [3.8, 4) is 17.6 Å². The Kier molecular flexibility index (Phi) is 12.0. The van der Waals surface area contributed by atoms with E-state index in [9.17, 15) is 18.0 Å². The second-order valence-electron chi connectivity index (χ2n) is 9.68. The number of aliphatic carboxylic acids is 2. The predicted octanol–water partition coefficient (Wildman–Crippen LogP) is 5.82. The number of ether oxygens (including phenoxy) is 1. The average molecular weight is 603 g/mol. The number of thiophene rings is 1. The van der Waals surface area contributed by atoms with Gasteiger partial charge in [0.05, 0.1) is 12.3 Å². The molecule has 0 unspecified atom stereocenters. The van der Waals surface area contributed by atoms with Crippen molar-refractivity contribution in [2.75, 3.05) is 13.6 Å². The zero-order valence-corrected chi connectivity index (χ0v) is 24.1. The van der Waals surface area contributed by atoms with Gasteiger partial charge in [-0.25, -0.2) is 4.79 Å². The van der Waals surface area contributed by atoms with Crippen molar-refractivity contribution in [3.63, 3.8) is 0 Å². The summed E-state index contributed by atoms with van der Waals surface area (Å²) in [6.07, 6.45) is -3.96. The van der Waals surface area contributed by atoms with Crippen molar-refractivity contribution in [3.05, 3.63) is 86.6 Å². The van der Waals surface area contributed by atoms with E-state index in [1.165, 1.54) is 20.9 Å².